The average Bonchev–Trinajstić information content (AvgIpc) is 3.33. The first-order valence-corrected chi connectivity index (χ1v) is 9.41. The standard InChI is InChI=1S/C20H21FN2O3S/c1-23(2)17(14-9-10-27-13-14)11-22-20(24)19-8-7-15(26-19)12-25-18-6-4-3-5-16(18)21/h3-10,13,17H,11-12H2,1-2H3,(H,22,24)/t17-/m0/s1. The summed E-state index contributed by atoms with van der Waals surface area (Å²) in [7, 11) is 3.94. The van der Waals surface area contributed by atoms with Crippen LogP contribution in [0.2, 0.25) is 0 Å². The van der Waals surface area contributed by atoms with Gasteiger partial charge in [0.15, 0.2) is 17.3 Å². The van der Waals surface area contributed by atoms with Gasteiger partial charge in [0.1, 0.15) is 12.4 Å². The van der Waals surface area contributed by atoms with E-state index in [1.807, 2.05) is 25.5 Å². The highest BCUT2D eigenvalue weighted by molar-refractivity contribution is 7.07. The SMILES string of the molecule is CN(C)[C@@H](CNC(=O)c1ccc(COc2ccccc2F)o1)c1ccsc1. The molecule has 0 saturated heterocycles. The number of hydrogen-bond donors (Lipinski definition) is 1. The maximum absolute atomic E-state index is 13.6. The zero-order chi connectivity index (χ0) is 19.2. The van der Waals surface area contributed by atoms with E-state index >= 15 is 0 Å². The van der Waals surface area contributed by atoms with Crippen molar-refractivity contribution in [3.05, 3.63) is 76.1 Å². The van der Waals surface area contributed by atoms with Crippen molar-refractivity contribution in [3.8, 4) is 5.75 Å². The van der Waals surface area contributed by atoms with E-state index in [4.69, 9.17) is 9.15 Å². The van der Waals surface area contributed by atoms with Crippen LogP contribution in [0.4, 0.5) is 4.39 Å². The molecule has 0 aliphatic carbocycles. The maximum atomic E-state index is 13.6. The normalized spacial score (nSPS) is 12.1. The number of nitrogens with zero attached hydrogens (tertiary/aromatic N) is 1. The number of rotatable bonds is 8. The van der Waals surface area contributed by atoms with Gasteiger partial charge in [-0.1, -0.05) is 12.1 Å². The van der Waals surface area contributed by atoms with Crippen molar-refractivity contribution in [1.82, 2.24) is 10.2 Å². The first-order valence-electron chi connectivity index (χ1n) is 8.47. The van der Waals surface area contributed by atoms with E-state index in [0.717, 1.165) is 5.56 Å². The minimum atomic E-state index is -0.440. The second-order valence-corrected chi connectivity index (χ2v) is 7.01. The van der Waals surface area contributed by atoms with Gasteiger partial charge >= 0.3 is 0 Å². The summed E-state index contributed by atoms with van der Waals surface area (Å²) in [5.74, 6) is 0.0549. The van der Waals surface area contributed by atoms with Crippen molar-refractivity contribution in [2.24, 2.45) is 0 Å². The second-order valence-electron chi connectivity index (χ2n) is 6.23. The van der Waals surface area contributed by atoms with Crippen LogP contribution in [0.5, 0.6) is 5.75 Å². The molecule has 0 aliphatic heterocycles. The quantitative estimate of drug-likeness (QED) is 0.631. The molecule has 2 aromatic heterocycles. The highest BCUT2D eigenvalue weighted by Crippen LogP contribution is 2.21. The van der Waals surface area contributed by atoms with Crippen molar-refractivity contribution in [2.45, 2.75) is 12.6 Å². The molecule has 3 rings (SSSR count). The Balaban J connectivity index is 1.56. The summed E-state index contributed by atoms with van der Waals surface area (Å²) in [5.41, 5.74) is 1.16. The van der Waals surface area contributed by atoms with Gasteiger partial charge in [-0.15, -0.1) is 0 Å². The Morgan fingerprint density at radius 3 is 2.78 bits per heavy atom. The Hall–Kier alpha value is -2.64. The van der Waals surface area contributed by atoms with Gasteiger partial charge in [0.2, 0.25) is 0 Å². The molecule has 142 valence electrons. The van der Waals surface area contributed by atoms with Gasteiger partial charge in [-0.2, -0.15) is 11.3 Å². The molecule has 0 bridgehead atoms. The van der Waals surface area contributed by atoms with Crippen LogP contribution in [0.25, 0.3) is 0 Å². The van der Waals surface area contributed by atoms with E-state index in [1.165, 1.54) is 12.1 Å². The zero-order valence-electron chi connectivity index (χ0n) is 15.1. The van der Waals surface area contributed by atoms with Gasteiger partial charge in [-0.25, -0.2) is 4.39 Å². The lowest BCUT2D eigenvalue weighted by molar-refractivity contribution is 0.0910. The zero-order valence-corrected chi connectivity index (χ0v) is 16.0. The summed E-state index contributed by atoms with van der Waals surface area (Å²) in [5, 5.41) is 6.98. The predicted molar refractivity (Wildman–Crippen MR) is 103 cm³/mol. The molecule has 0 unspecified atom stereocenters. The Bertz CT molecular complexity index is 877. The number of carbonyl (C=O) groups excluding carboxylic acids is 1. The molecule has 1 aromatic carbocycles. The lowest BCUT2D eigenvalue weighted by Crippen LogP contribution is -2.34. The van der Waals surface area contributed by atoms with Crippen LogP contribution in [-0.4, -0.2) is 31.4 Å². The molecular weight excluding hydrogens is 367 g/mol. The summed E-state index contributed by atoms with van der Waals surface area (Å²) in [6.45, 7) is 0.508. The minimum absolute atomic E-state index is 0.0451. The fraction of sp³-hybridized carbons (Fsp3) is 0.250. The number of carbonyl (C=O) groups is 1. The summed E-state index contributed by atoms with van der Waals surface area (Å²) in [4.78, 5) is 14.4. The monoisotopic (exact) mass is 388 g/mol. The number of ether oxygens (including phenoxy) is 1. The number of likely N-dealkylation sites (N-methyl/N-ethyl adjacent to an activating group) is 1. The van der Waals surface area contributed by atoms with Crippen LogP contribution in [0.1, 0.15) is 27.9 Å². The third-order valence-electron chi connectivity index (χ3n) is 4.10. The molecule has 1 N–H and O–H groups in total. The highest BCUT2D eigenvalue weighted by Gasteiger charge is 2.18. The first kappa shape index (κ1) is 19.1. The molecule has 7 heteroatoms. The van der Waals surface area contributed by atoms with Crippen molar-refractivity contribution in [3.63, 3.8) is 0 Å². The molecule has 27 heavy (non-hydrogen) atoms. The minimum Gasteiger partial charge on any atom is -0.483 e. The van der Waals surface area contributed by atoms with Crippen molar-refractivity contribution >= 4 is 17.2 Å². The molecule has 1 amide bonds. The number of benzene rings is 1. The van der Waals surface area contributed by atoms with Crippen LogP contribution >= 0.6 is 11.3 Å². The molecule has 0 aliphatic rings. The number of halogens is 1. The predicted octanol–water partition coefficient (Wildman–Crippen LogP) is 4.09. The van der Waals surface area contributed by atoms with Crippen LogP contribution in [0.3, 0.4) is 0 Å². The number of para-hydroxylation sites is 1. The summed E-state index contributed by atoms with van der Waals surface area (Å²) in [6.07, 6.45) is 0. The van der Waals surface area contributed by atoms with E-state index in [9.17, 15) is 9.18 Å². The number of thiophene rings is 1. The van der Waals surface area contributed by atoms with Gasteiger partial charge in [0.05, 0.1) is 6.04 Å². The molecule has 0 saturated carbocycles. The van der Waals surface area contributed by atoms with Gasteiger partial charge in [0, 0.05) is 6.54 Å². The Morgan fingerprint density at radius 2 is 2.07 bits per heavy atom. The molecule has 1 atom stereocenters. The lowest BCUT2D eigenvalue weighted by Gasteiger charge is -2.23. The largest absolute Gasteiger partial charge is 0.483 e. The summed E-state index contributed by atoms with van der Waals surface area (Å²) in [6, 6.07) is 11.5. The number of amides is 1. The number of hydrogen-bond acceptors (Lipinski definition) is 5. The topological polar surface area (TPSA) is 54.7 Å². The van der Waals surface area contributed by atoms with Crippen LogP contribution in [0.15, 0.2) is 57.6 Å². The molecule has 2 heterocycles. The highest BCUT2D eigenvalue weighted by atomic mass is 32.1. The first-order chi connectivity index (χ1) is 13.0. The molecule has 3 aromatic rings. The molecule has 0 radical (unpaired) electrons. The third-order valence-corrected chi connectivity index (χ3v) is 4.80. The second kappa shape index (κ2) is 8.83. The Kier molecular flexibility index (Phi) is 6.26. The smallest absolute Gasteiger partial charge is 0.287 e. The van der Waals surface area contributed by atoms with Crippen LogP contribution < -0.4 is 10.1 Å². The fourth-order valence-corrected chi connectivity index (χ4v) is 3.33. The van der Waals surface area contributed by atoms with Gasteiger partial charge in [-0.3, -0.25) is 4.79 Å². The van der Waals surface area contributed by atoms with E-state index in [0.29, 0.717) is 12.3 Å². The van der Waals surface area contributed by atoms with Gasteiger partial charge in [-0.05, 0) is 60.8 Å². The Labute approximate surface area is 161 Å². The van der Waals surface area contributed by atoms with Crippen molar-refractivity contribution in [2.75, 3.05) is 20.6 Å². The third kappa shape index (κ3) is 4.96. The Morgan fingerprint density at radius 1 is 1.26 bits per heavy atom. The molecular formula is C20H21FN2O3S. The summed E-state index contributed by atoms with van der Waals surface area (Å²) < 4.78 is 24.5. The van der Waals surface area contributed by atoms with E-state index in [-0.39, 0.29) is 30.1 Å². The lowest BCUT2D eigenvalue weighted by atomic mass is 10.1. The number of nitrogens with one attached hydrogen (secondary N) is 1. The molecule has 5 nitrogen and oxygen atoms in total. The fourth-order valence-electron chi connectivity index (χ4n) is 2.63. The van der Waals surface area contributed by atoms with E-state index in [1.54, 1.807) is 35.6 Å². The summed E-state index contributed by atoms with van der Waals surface area (Å²) >= 11 is 1.63. The number of furan rings is 1. The molecule has 0 spiro atoms. The van der Waals surface area contributed by atoms with E-state index in [2.05, 4.69) is 15.6 Å². The molecule has 0 fully saturated rings. The van der Waals surface area contributed by atoms with Crippen LogP contribution in [-0.2, 0) is 6.61 Å². The van der Waals surface area contributed by atoms with Crippen molar-refractivity contribution in [1.29, 1.82) is 0 Å². The van der Waals surface area contributed by atoms with E-state index < -0.39 is 5.82 Å². The van der Waals surface area contributed by atoms with Crippen LogP contribution in [0, 0.1) is 5.82 Å². The maximum Gasteiger partial charge on any atom is 0.287 e. The van der Waals surface area contributed by atoms with Gasteiger partial charge in [0.25, 0.3) is 5.91 Å². The van der Waals surface area contributed by atoms with Crippen molar-refractivity contribution < 1.29 is 18.3 Å². The average molecular weight is 388 g/mol. The van der Waals surface area contributed by atoms with Gasteiger partial charge < -0.3 is 19.4 Å².